The standard InChI is InChI=1S/C20H18ClNO4S2/c1-3-25-14-7-5-13(6-8-14)22-19(24)17(28-20(22)27)11-12-9-15(21)18(23)16(10-12)26-4-2/h5-11,23H,3-4H2,1-2H3/b17-11-. The van der Waals surface area contributed by atoms with Crippen molar-refractivity contribution >= 4 is 57.6 Å². The summed E-state index contributed by atoms with van der Waals surface area (Å²) in [4.78, 5) is 14.8. The second kappa shape index (κ2) is 8.86. The molecule has 0 aliphatic carbocycles. The van der Waals surface area contributed by atoms with Crippen LogP contribution in [0.3, 0.4) is 0 Å². The SMILES string of the molecule is CCOc1ccc(N2C(=O)/C(=C/c3cc(Cl)c(O)c(OCC)c3)SC2=S)cc1. The predicted molar refractivity (Wildman–Crippen MR) is 118 cm³/mol. The predicted octanol–water partition coefficient (Wildman–Crippen LogP) is 5.25. The van der Waals surface area contributed by atoms with Crippen LogP contribution >= 0.6 is 35.6 Å². The van der Waals surface area contributed by atoms with Crippen LogP contribution in [0, 0.1) is 0 Å². The summed E-state index contributed by atoms with van der Waals surface area (Å²) in [5.74, 6) is 0.654. The molecule has 0 spiro atoms. The molecule has 1 aliphatic heterocycles. The number of anilines is 1. The zero-order valence-electron chi connectivity index (χ0n) is 15.3. The Balaban J connectivity index is 1.89. The highest BCUT2D eigenvalue weighted by atomic mass is 35.5. The average molecular weight is 436 g/mol. The van der Waals surface area contributed by atoms with Crippen molar-refractivity contribution in [2.45, 2.75) is 13.8 Å². The fraction of sp³-hybridized carbons (Fsp3) is 0.200. The van der Waals surface area contributed by atoms with E-state index in [-0.39, 0.29) is 22.4 Å². The number of aromatic hydroxyl groups is 1. The normalized spacial score (nSPS) is 15.4. The topological polar surface area (TPSA) is 59.0 Å². The van der Waals surface area contributed by atoms with Crippen LogP contribution in [0.4, 0.5) is 5.69 Å². The monoisotopic (exact) mass is 435 g/mol. The van der Waals surface area contributed by atoms with Gasteiger partial charge in [0.1, 0.15) is 5.75 Å². The van der Waals surface area contributed by atoms with Crippen LogP contribution < -0.4 is 14.4 Å². The van der Waals surface area contributed by atoms with Gasteiger partial charge in [-0.05, 0) is 61.9 Å². The van der Waals surface area contributed by atoms with Gasteiger partial charge in [-0.2, -0.15) is 0 Å². The number of benzene rings is 2. The van der Waals surface area contributed by atoms with Crippen LogP contribution in [0.2, 0.25) is 5.02 Å². The van der Waals surface area contributed by atoms with E-state index in [1.165, 1.54) is 16.7 Å². The average Bonchev–Trinajstić information content (AvgIpc) is 2.94. The van der Waals surface area contributed by atoms with Crippen LogP contribution in [-0.4, -0.2) is 28.5 Å². The Kier molecular flexibility index (Phi) is 6.49. The van der Waals surface area contributed by atoms with Crippen molar-refractivity contribution < 1.29 is 19.4 Å². The van der Waals surface area contributed by atoms with Gasteiger partial charge in [0.15, 0.2) is 15.8 Å². The van der Waals surface area contributed by atoms with Crippen molar-refractivity contribution in [3.63, 3.8) is 0 Å². The van der Waals surface area contributed by atoms with Gasteiger partial charge in [0.05, 0.1) is 28.8 Å². The maximum absolute atomic E-state index is 12.9. The molecule has 1 fully saturated rings. The molecule has 8 heteroatoms. The van der Waals surface area contributed by atoms with Crippen molar-refractivity contribution in [2.24, 2.45) is 0 Å². The lowest BCUT2D eigenvalue weighted by atomic mass is 10.1. The van der Waals surface area contributed by atoms with Crippen molar-refractivity contribution in [3.05, 3.63) is 51.9 Å². The fourth-order valence-corrected chi connectivity index (χ4v) is 4.16. The molecule has 0 unspecified atom stereocenters. The van der Waals surface area contributed by atoms with Gasteiger partial charge in [0.2, 0.25) is 0 Å². The van der Waals surface area contributed by atoms with E-state index >= 15 is 0 Å². The molecule has 1 amide bonds. The molecular formula is C20H18ClNO4S2. The third kappa shape index (κ3) is 4.27. The Morgan fingerprint density at radius 2 is 1.86 bits per heavy atom. The van der Waals surface area contributed by atoms with Gasteiger partial charge < -0.3 is 14.6 Å². The van der Waals surface area contributed by atoms with E-state index in [9.17, 15) is 9.90 Å². The number of nitrogens with zero attached hydrogens (tertiary/aromatic N) is 1. The molecule has 1 aliphatic rings. The largest absolute Gasteiger partial charge is 0.503 e. The number of hydrogen-bond acceptors (Lipinski definition) is 6. The van der Waals surface area contributed by atoms with Crippen molar-refractivity contribution in [3.8, 4) is 17.2 Å². The Hall–Kier alpha value is -2.22. The maximum atomic E-state index is 12.9. The molecule has 0 aromatic heterocycles. The molecule has 5 nitrogen and oxygen atoms in total. The maximum Gasteiger partial charge on any atom is 0.270 e. The molecule has 1 saturated heterocycles. The summed E-state index contributed by atoms with van der Waals surface area (Å²) >= 11 is 12.7. The summed E-state index contributed by atoms with van der Waals surface area (Å²) in [6, 6.07) is 10.4. The minimum atomic E-state index is -0.221. The molecule has 0 saturated carbocycles. The number of phenolic OH excluding ortho intramolecular Hbond substituents is 1. The first-order valence-electron chi connectivity index (χ1n) is 8.60. The molecule has 3 rings (SSSR count). The summed E-state index contributed by atoms with van der Waals surface area (Å²) in [7, 11) is 0. The van der Waals surface area contributed by atoms with E-state index in [0.717, 1.165) is 5.75 Å². The minimum Gasteiger partial charge on any atom is -0.503 e. The number of amides is 1. The van der Waals surface area contributed by atoms with Gasteiger partial charge in [-0.3, -0.25) is 9.69 Å². The zero-order chi connectivity index (χ0) is 20.3. The third-order valence-corrected chi connectivity index (χ3v) is 5.44. The van der Waals surface area contributed by atoms with Gasteiger partial charge in [0.25, 0.3) is 5.91 Å². The highest BCUT2D eigenvalue weighted by Crippen LogP contribution is 2.39. The molecule has 1 heterocycles. The minimum absolute atomic E-state index is 0.123. The number of thiocarbonyl (C=S) groups is 1. The van der Waals surface area contributed by atoms with Gasteiger partial charge >= 0.3 is 0 Å². The van der Waals surface area contributed by atoms with E-state index in [1.807, 2.05) is 13.8 Å². The van der Waals surface area contributed by atoms with Crippen molar-refractivity contribution in [1.82, 2.24) is 0 Å². The summed E-state index contributed by atoms with van der Waals surface area (Å²) in [6.07, 6.45) is 1.68. The zero-order valence-corrected chi connectivity index (χ0v) is 17.7. The summed E-state index contributed by atoms with van der Waals surface area (Å²) in [6.45, 7) is 4.67. The molecule has 2 aromatic carbocycles. The molecule has 0 atom stereocenters. The third-order valence-electron chi connectivity index (χ3n) is 3.85. The Morgan fingerprint density at radius 1 is 1.18 bits per heavy atom. The molecule has 28 heavy (non-hydrogen) atoms. The first kappa shape index (κ1) is 20.5. The number of carbonyl (C=O) groups is 1. The van der Waals surface area contributed by atoms with E-state index in [0.29, 0.717) is 33.7 Å². The summed E-state index contributed by atoms with van der Waals surface area (Å²) in [5, 5.41) is 10.1. The fourth-order valence-electron chi connectivity index (χ4n) is 2.64. The van der Waals surface area contributed by atoms with Crippen LogP contribution in [-0.2, 0) is 4.79 Å². The second-order valence-corrected chi connectivity index (χ2v) is 7.81. The van der Waals surface area contributed by atoms with E-state index < -0.39 is 0 Å². The van der Waals surface area contributed by atoms with Crippen LogP contribution in [0.15, 0.2) is 41.3 Å². The molecular weight excluding hydrogens is 418 g/mol. The highest BCUT2D eigenvalue weighted by molar-refractivity contribution is 8.27. The van der Waals surface area contributed by atoms with E-state index in [1.54, 1.807) is 42.5 Å². The first-order chi connectivity index (χ1) is 13.4. The smallest absolute Gasteiger partial charge is 0.270 e. The van der Waals surface area contributed by atoms with E-state index in [4.69, 9.17) is 33.3 Å². The van der Waals surface area contributed by atoms with Gasteiger partial charge in [-0.25, -0.2) is 0 Å². The van der Waals surface area contributed by atoms with Gasteiger partial charge in [-0.15, -0.1) is 0 Å². The van der Waals surface area contributed by atoms with Crippen LogP contribution in [0.25, 0.3) is 6.08 Å². The van der Waals surface area contributed by atoms with Crippen molar-refractivity contribution in [2.75, 3.05) is 18.1 Å². The molecule has 0 bridgehead atoms. The number of ether oxygens (including phenoxy) is 2. The Morgan fingerprint density at radius 3 is 2.50 bits per heavy atom. The number of carbonyl (C=O) groups excluding carboxylic acids is 1. The number of rotatable bonds is 6. The molecule has 146 valence electrons. The number of phenols is 1. The number of hydrogen-bond donors (Lipinski definition) is 1. The lowest BCUT2D eigenvalue weighted by Gasteiger charge is -2.15. The van der Waals surface area contributed by atoms with Gasteiger partial charge in [0, 0.05) is 0 Å². The lowest BCUT2D eigenvalue weighted by Crippen LogP contribution is -2.27. The Labute approximate surface area is 177 Å². The first-order valence-corrected chi connectivity index (χ1v) is 10.2. The van der Waals surface area contributed by atoms with Crippen LogP contribution in [0.5, 0.6) is 17.2 Å². The highest BCUT2D eigenvalue weighted by Gasteiger charge is 2.33. The number of halogens is 1. The summed E-state index contributed by atoms with van der Waals surface area (Å²) < 4.78 is 11.3. The second-order valence-electron chi connectivity index (χ2n) is 5.73. The molecule has 0 radical (unpaired) electrons. The molecule has 1 N–H and O–H groups in total. The lowest BCUT2D eigenvalue weighted by molar-refractivity contribution is -0.113. The molecule has 2 aromatic rings. The quantitative estimate of drug-likeness (QED) is 0.494. The van der Waals surface area contributed by atoms with Gasteiger partial charge in [-0.1, -0.05) is 35.6 Å². The number of thioether (sulfide) groups is 1. The Bertz CT molecular complexity index is 944. The summed E-state index contributed by atoms with van der Waals surface area (Å²) in [5.41, 5.74) is 1.31. The van der Waals surface area contributed by atoms with Crippen molar-refractivity contribution in [1.29, 1.82) is 0 Å². The van der Waals surface area contributed by atoms with E-state index in [2.05, 4.69) is 0 Å². The van der Waals surface area contributed by atoms with Crippen LogP contribution in [0.1, 0.15) is 19.4 Å².